The van der Waals surface area contributed by atoms with Gasteiger partial charge in [0, 0.05) is 36.9 Å². The second-order valence-electron chi connectivity index (χ2n) is 7.01. The number of hydrogen-bond donors (Lipinski definition) is 6. The first-order valence-electron chi connectivity index (χ1n) is 10.3. The van der Waals surface area contributed by atoms with Crippen LogP contribution in [-0.2, 0) is 20.8 Å². The highest BCUT2D eigenvalue weighted by Crippen LogP contribution is 2.22. The Hall–Kier alpha value is -3.07. The van der Waals surface area contributed by atoms with Crippen LogP contribution in [0.1, 0.15) is 63.9 Å². The van der Waals surface area contributed by atoms with Gasteiger partial charge in [-0.25, -0.2) is 0 Å². The van der Waals surface area contributed by atoms with Gasteiger partial charge >= 0.3 is 11.9 Å². The molecule has 9 nitrogen and oxygen atoms in total. The summed E-state index contributed by atoms with van der Waals surface area (Å²) >= 11 is 0. The molecule has 2 rings (SSSR count). The number of carboxylic acid groups (broad SMARTS) is 3. The number of unbranched alkanes of at least 4 members (excludes halogenated alkanes) is 5. The van der Waals surface area contributed by atoms with Crippen LogP contribution in [0, 0.1) is 0 Å². The van der Waals surface area contributed by atoms with Gasteiger partial charge in [0.15, 0.2) is 0 Å². The van der Waals surface area contributed by atoms with Gasteiger partial charge in [-0.15, -0.1) is 0 Å². The molecule has 0 bridgehead atoms. The maximum Gasteiger partial charge on any atom is 0.303 e. The van der Waals surface area contributed by atoms with Gasteiger partial charge in [-0.05, 0) is 49.6 Å². The molecule has 2 aromatic rings. The summed E-state index contributed by atoms with van der Waals surface area (Å²) in [6, 6.07) is 5.30. The van der Waals surface area contributed by atoms with Crippen LogP contribution in [0.4, 0.5) is 0 Å². The number of rotatable bonds is 11. The van der Waals surface area contributed by atoms with E-state index in [1.54, 1.807) is 12.1 Å². The molecular weight excluding hydrogens is 404 g/mol. The molecule has 1 aromatic heterocycles. The molecule has 0 spiro atoms. The highest BCUT2D eigenvalue weighted by molar-refractivity contribution is 5.84. The van der Waals surface area contributed by atoms with Crippen molar-refractivity contribution in [3.8, 4) is 5.75 Å². The molecule has 0 aliphatic carbocycles. The normalized spacial score (nSPS) is 9.87. The number of fused-ring (bicyclic) bond motifs is 1. The number of benzene rings is 1. The predicted octanol–water partition coefficient (Wildman–Crippen LogP) is 3.74. The van der Waals surface area contributed by atoms with Gasteiger partial charge in [0.25, 0.3) is 5.97 Å². The molecule has 1 aromatic carbocycles. The van der Waals surface area contributed by atoms with Crippen molar-refractivity contribution < 1.29 is 34.8 Å². The van der Waals surface area contributed by atoms with Gasteiger partial charge in [-0.1, -0.05) is 25.7 Å². The third-order valence-electron chi connectivity index (χ3n) is 4.20. The lowest BCUT2D eigenvalue weighted by Gasteiger charge is -1.98. The zero-order valence-electron chi connectivity index (χ0n) is 18.0. The lowest BCUT2D eigenvalue weighted by molar-refractivity contribution is -0.138. The lowest BCUT2D eigenvalue weighted by Crippen LogP contribution is -2.01. The second-order valence-corrected chi connectivity index (χ2v) is 7.01. The van der Waals surface area contributed by atoms with E-state index >= 15 is 0 Å². The number of carboxylic acids is 3. The van der Waals surface area contributed by atoms with E-state index in [0.717, 1.165) is 68.3 Å². The fraction of sp³-hybridized carbons (Fsp3) is 0.500. The standard InChI is InChI=1S/C10H12N2O.C10H18O4.C2H4O2/c11-4-3-7-6-12-10-2-1-8(13)5-9(7)10;11-9(12)7-5-3-1-2-4-6-8-10(13)14;1-2(3)4/h1-2,5-6,12-13H,3-4,11H2;1-8H2,(H,11,12)(H,13,14);1H3,(H,3,4). The Morgan fingerprint density at radius 2 is 1.39 bits per heavy atom. The molecule has 0 saturated heterocycles. The molecule has 0 unspecified atom stereocenters. The number of nitrogens with two attached hydrogens (primary N) is 1. The van der Waals surface area contributed by atoms with E-state index in [9.17, 15) is 14.7 Å². The Bertz CT molecular complexity index is 778. The first kappa shape index (κ1) is 27.9. The van der Waals surface area contributed by atoms with Crippen LogP contribution in [-0.4, -0.2) is 49.9 Å². The number of aromatic nitrogens is 1. The van der Waals surface area contributed by atoms with Gasteiger partial charge in [-0.2, -0.15) is 0 Å². The zero-order valence-corrected chi connectivity index (χ0v) is 18.0. The van der Waals surface area contributed by atoms with Crippen molar-refractivity contribution in [2.24, 2.45) is 5.73 Å². The van der Waals surface area contributed by atoms with Crippen molar-refractivity contribution in [1.29, 1.82) is 0 Å². The molecule has 0 radical (unpaired) electrons. The summed E-state index contributed by atoms with van der Waals surface area (Å²) in [5.41, 5.74) is 7.68. The zero-order chi connectivity index (χ0) is 23.6. The number of aromatic amines is 1. The van der Waals surface area contributed by atoms with Crippen LogP contribution >= 0.6 is 0 Å². The fourth-order valence-corrected chi connectivity index (χ4v) is 2.79. The topological polar surface area (TPSA) is 174 Å². The van der Waals surface area contributed by atoms with Crippen LogP contribution in [0.15, 0.2) is 24.4 Å². The summed E-state index contributed by atoms with van der Waals surface area (Å²) in [6.45, 7) is 1.71. The minimum atomic E-state index is -0.833. The van der Waals surface area contributed by atoms with Crippen molar-refractivity contribution in [2.45, 2.75) is 64.7 Å². The maximum absolute atomic E-state index is 10.1. The van der Waals surface area contributed by atoms with E-state index in [4.69, 9.17) is 25.8 Å². The molecule has 9 heteroatoms. The highest BCUT2D eigenvalue weighted by atomic mass is 16.4. The number of aromatic hydroxyl groups is 1. The molecule has 0 atom stereocenters. The third kappa shape index (κ3) is 15.4. The molecule has 1 heterocycles. The molecule has 0 saturated carbocycles. The number of carbonyl (C=O) groups is 3. The lowest BCUT2D eigenvalue weighted by atomic mass is 10.1. The summed E-state index contributed by atoms with van der Waals surface area (Å²) in [4.78, 5) is 32.4. The van der Waals surface area contributed by atoms with Crippen molar-refractivity contribution in [2.75, 3.05) is 6.54 Å². The van der Waals surface area contributed by atoms with Crippen LogP contribution in [0.3, 0.4) is 0 Å². The van der Waals surface area contributed by atoms with Crippen molar-refractivity contribution in [1.82, 2.24) is 4.98 Å². The first-order chi connectivity index (χ1) is 14.7. The van der Waals surface area contributed by atoms with E-state index in [0.29, 0.717) is 12.3 Å². The number of phenols is 1. The smallest absolute Gasteiger partial charge is 0.303 e. The number of aliphatic carboxylic acids is 3. The number of hydrogen-bond acceptors (Lipinski definition) is 5. The summed E-state index contributed by atoms with van der Waals surface area (Å²) in [5.74, 6) is -2.02. The minimum absolute atomic E-state index is 0.245. The molecule has 174 valence electrons. The molecule has 31 heavy (non-hydrogen) atoms. The summed E-state index contributed by atoms with van der Waals surface area (Å²) < 4.78 is 0. The van der Waals surface area contributed by atoms with Crippen LogP contribution < -0.4 is 5.73 Å². The van der Waals surface area contributed by atoms with Crippen molar-refractivity contribution in [3.63, 3.8) is 0 Å². The number of nitrogens with one attached hydrogen (secondary N) is 1. The molecule has 7 N–H and O–H groups in total. The maximum atomic E-state index is 10.1. The molecule has 0 amide bonds. The number of phenolic OH excluding ortho intramolecular Hbond substituents is 1. The quantitative estimate of drug-likeness (QED) is 0.288. The third-order valence-corrected chi connectivity index (χ3v) is 4.20. The molecule has 0 aliphatic rings. The van der Waals surface area contributed by atoms with Gasteiger partial charge < -0.3 is 31.1 Å². The van der Waals surface area contributed by atoms with Crippen LogP contribution in [0.2, 0.25) is 0 Å². The molecule has 0 aliphatic heterocycles. The molecular formula is C22H34N2O7. The summed E-state index contributed by atoms with van der Waals surface area (Å²) in [7, 11) is 0. The van der Waals surface area contributed by atoms with Gasteiger partial charge in [0.1, 0.15) is 5.75 Å². The van der Waals surface area contributed by atoms with E-state index in [1.165, 1.54) is 0 Å². The Kier molecular flexibility index (Phi) is 15.0. The summed E-state index contributed by atoms with van der Waals surface area (Å²) in [5, 5.41) is 34.5. The Labute approximate surface area is 181 Å². The van der Waals surface area contributed by atoms with E-state index < -0.39 is 17.9 Å². The highest BCUT2D eigenvalue weighted by Gasteiger charge is 2.02. The van der Waals surface area contributed by atoms with E-state index in [-0.39, 0.29) is 12.8 Å². The Balaban J connectivity index is 0.000000496. The average molecular weight is 439 g/mol. The van der Waals surface area contributed by atoms with Crippen molar-refractivity contribution >= 4 is 28.8 Å². The van der Waals surface area contributed by atoms with E-state index in [2.05, 4.69) is 4.98 Å². The predicted molar refractivity (Wildman–Crippen MR) is 118 cm³/mol. The van der Waals surface area contributed by atoms with Crippen molar-refractivity contribution in [3.05, 3.63) is 30.0 Å². The minimum Gasteiger partial charge on any atom is -0.508 e. The largest absolute Gasteiger partial charge is 0.508 e. The SMILES string of the molecule is CC(=O)O.NCCc1c[nH]c2ccc(O)cc12.O=C(O)CCCCCCCCC(=O)O. The monoisotopic (exact) mass is 438 g/mol. The van der Waals surface area contributed by atoms with Gasteiger partial charge in [0.05, 0.1) is 0 Å². The summed E-state index contributed by atoms with van der Waals surface area (Å²) in [6.07, 6.45) is 8.60. The van der Waals surface area contributed by atoms with Gasteiger partial charge in [-0.3, -0.25) is 14.4 Å². The second kappa shape index (κ2) is 16.7. The Morgan fingerprint density at radius 1 is 0.903 bits per heavy atom. The average Bonchev–Trinajstić information content (AvgIpc) is 3.06. The molecule has 0 fully saturated rings. The van der Waals surface area contributed by atoms with Gasteiger partial charge in [0.2, 0.25) is 0 Å². The van der Waals surface area contributed by atoms with Crippen LogP contribution in [0.5, 0.6) is 5.75 Å². The number of H-pyrrole nitrogens is 1. The fourth-order valence-electron chi connectivity index (χ4n) is 2.79. The van der Waals surface area contributed by atoms with E-state index in [1.807, 2.05) is 12.3 Å². The Morgan fingerprint density at radius 3 is 1.84 bits per heavy atom. The van der Waals surface area contributed by atoms with Crippen LogP contribution in [0.25, 0.3) is 10.9 Å². The first-order valence-corrected chi connectivity index (χ1v) is 10.3.